The fourth-order valence-corrected chi connectivity index (χ4v) is 2.62. The predicted octanol–water partition coefficient (Wildman–Crippen LogP) is 3.72. The number of hydrogen-bond donors (Lipinski definition) is 1. The maximum atomic E-state index is 12.4. The van der Waals surface area contributed by atoms with Gasteiger partial charge in [0.15, 0.2) is 11.5 Å². The van der Waals surface area contributed by atoms with E-state index in [0.29, 0.717) is 35.0 Å². The van der Waals surface area contributed by atoms with Crippen LogP contribution in [0.4, 0.5) is 0 Å². The second kappa shape index (κ2) is 6.24. The Bertz CT molecular complexity index is 1030. The van der Waals surface area contributed by atoms with E-state index in [1.54, 1.807) is 25.1 Å². The minimum atomic E-state index is -0.158. The summed E-state index contributed by atoms with van der Waals surface area (Å²) in [5.74, 6) is 0.386. The Labute approximate surface area is 143 Å². The van der Waals surface area contributed by atoms with E-state index in [2.05, 4.69) is 15.5 Å². The maximum Gasteiger partial charge on any atom is 0.251 e. The first kappa shape index (κ1) is 15.1. The highest BCUT2D eigenvalue weighted by molar-refractivity contribution is 6.00. The van der Waals surface area contributed by atoms with Crippen LogP contribution in [0.3, 0.4) is 0 Å². The Balaban J connectivity index is 1.61. The van der Waals surface area contributed by atoms with Gasteiger partial charge in [0.25, 0.3) is 5.91 Å². The van der Waals surface area contributed by atoms with E-state index in [4.69, 9.17) is 8.94 Å². The molecule has 4 rings (SSSR count). The number of fused-ring (bicyclic) bond motifs is 1. The predicted molar refractivity (Wildman–Crippen MR) is 91.9 cm³/mol. The summed E-state index contributed by atoms with van der Waals surface area (Å²) in [5.41, 5.74) is 3.31. The van der Waals surface area contributed by atoms with Crippen LogP contribution in [0.25, 0.3) is 22.4 Å². The van der Waals surface area contributed by atoms with E-state index in [9.17, 15) is 4.79 Å². The zero-order valence-electron chi connectivity index (χ0n) is 13.5. The molecule has 0 unspecified atom stereocenters. The summed E-state index contributed by atoms with van der Waals surface area (Å²) in [6.45, 7) is 2.23. The summed E-state index contributed by atoms with van der Waals surface area (Å²) in [6.07, 6.45) is 1.52. The fourth-order valence-electron chi connectivity index (χ4n) is 2.62. The molecule has 0 aliphatic rings. The number of amides is 1. The number of oxazole rings is 1. The number of hydrogen-bond acceptors (Lipinski definition) is 5. The highest BCUT2D eigenvalue weighted by Crippen LogP contribution is 2.28. The molecule has 2 aromatic heterocycles. The lowest BCUT2D eigenvalue weighted by Gasteiger charge is -2.05. The number of carbonyl (C=O) groups is 1. The molecule has 124 valence electrons. The molecular formula is C19H15N3O3. The summed E-state index contributed by atoms with van der Waals surface area (Å²) in [4.78, 5) is 16.7. The van der Waals surface area contributed by atoms with Crippen molar-refractivity contribution in [2.75, 3.05) is 0 Å². The standard InChI is InChI=1S/C19H15N3O3/c1-12-21-16(11-24-12)18-15-9-14(7-8-17(15)25-22-18)19(23)20-10-13-5-3-2-4-6-13/h2-9,11H,10H2,1H3,(H,20,23). The van der Waals surface area contributed by atoms with E-state index >= 15 is 0 Å². The van der Waals surface area contributed by atoms with Crippen molar-refractivity contribution >= 4 is 16.9 Å². The largest absolute Gasteiger partial charge is 0.449 e. The van der Waals surface area contributed by atoms with Crippen LogP contribution >= 0.6 is 0 Å². The number of carbonyl (C=O) groups excluding carboxylic acids is 1. The highest BCUT2D eigenvalue weighted by Gasteiger charge is 2.16. The Hall–Kier alpha value is -3.41. The Kier molecular flexibility index (Phi) is 3.78. The minimum absolute atomic E-state index is 0.158. The van der Waals surface area contributed by atoms with Crippen molar-refractivity contribution in [1.29, 1.82) is 0 Å². The van der Waals surface area contributed by atoms with Crippen LogP contribution in [0.1, 0.15) is 21.8 Å². The van der Waals surface area contributed by atoms with E-state index in [-0.39, 0.29) is 5.91 Å². The summed E-state index contributed by atoms with van der Waals surface area (Å²) in [6, 6.07) is 15.0. The average Bonchev–Trinajstić information content (AvgIpc) is 3.25. The molecule has 0 saturated heterocycles. The van der Waals surface area contributed by atoms with Gasteiger partial charge in [-0.2, -0.15) is 0 Å². The van der Waals surface area contributed by atoms with Gasteiger partial charge in [-0.15, -0.1) is 0 Å². The molecule has 0 radical (unpaired) electrons. The molecular weight excluding hydrogens is 318 g/mol. The quantitative estimate of drug-likeness (QED) is 0.615. The highest BCUT2D eigenvalue weighted by atomic mass is 16.5. The van der Waals surface area contributed by atoms with Crippen LogP contribution in [0.2, 0.25) is 0 Å². The van der Waals surface area contributed by atoms with Crippen LogP contribution < -0.4 is 5.32 Å². The Morgan fingerprint density at radius 3 is 2.76 bits per heavy atom. The van der Waals surface area contributed by atoms with Gasteiger partial charge >= 0.3 is 0 Å². The van der Waals surface area contributed by atoms with Gasteiger partial charge < -0.3 is 14.3 Å². The van der Waals surface area contributed by atoms with Crippen LogP contribution in [0, 0.1) is 6.92 Å². The van der Waals surface area contributed by atoms with E-state index in [0.717, 1.165) is 10.9 Å². The van der Waals surface area contributed by atoms with Crippen molar-refractivity contribution in [3.05, 3.63) is 71.8 Å². The number of aryl methyl sites for hydroxylation is 1. The van der Waals surface area contributed by atoms with Gasteiger partial charge in [-0.3, -0.25) is 4.79 Å². The Morgan fingerprint density at radius 2 is 2.00 bits per heavy atom. The van der Waals surface area contributed by atoms with Crippen molar-refractivity contribution in [2.24, 2.45) is 0 Å². The summed E-state index contributed by atoms with van der Waals surface area (Å²) < 4.78 is 10.5. The van der Waals surface area contributed by atoms with Crippen molar-refractivity contribution < 1.29 is 13.7 Å². The van der Waals surface area contributed by atoms with Gasteiger partial charge in [0.05, 0.1) is 5.39 Å². The smallest absolute Gasteiger partial charge is 0.251 e. The number of nitrogens with one attached hydrogen (secondary N) is 1. The van der Waals surface area contributed by atoms with E-state index in [1.807, 2.05) is 30.3 Å². The molecule has 2 heterocycles. The minimum Gasteiger partial charge on any atom is -0.449 e. The van der Waals surface area contributed by atoms with Crippen molar-refractivity contribution in [2.45, 2.75) is 13.5 Å². The number of rotatable bonds is 4. The second-order valence-corrected chi connectivity index (χ2v) is 5.66. The molecule has 0 saturated carbocycles. The van der Waals surface area contributed by atoms with E-state index < -0.39 is 0 Å². The number of aromatic nitrogens is 2. The molecule has 2 aromatic carbocycles. The fraction of sp³-hybridized carbons (Fsp3) is 0.105. The maximum absolute atomic E-state index is 12.4. The van der Waals surface area contributed by atoms with Crippen molar-refractivity contribution in [1.82, 2.24) is 15.5 Å². The summed E-state index contributed by atoms with van der Waals surface area (Å²) in [7, 11) is 0. The topological polar surface area (TPSA) is 81.2 Å². The first-order chi connectivity index (χ1) is 12.2. The van der Waals surface area contributed by atoms with Crippen LogP contribution in [0.15, 0.2) is 63.7 Å². The normalized spacial score (nSPS) is 10.9. The average molecular weight is 333 g/mol. The molecule has 6 heteroatoms. The number of nitrogens with zero attached hydrogens (tertiary/aromatic N) is 2. The Morgan fingerprint density at radius 1 is 1.16 bits per heavy atom. The lowest BCUT2D eigenvalue weighted by molar-refractivity contribution is 0.0951. The van der Waals surface area contributed by atoms with Gasteiger partial charge in [0.2, 0.25) is 0 Å². The van der Waals surface area contributed by atoms with E-state index in [1.165, 1.54) is 6.26 Å². The molecule has 25 heavy (non-hydrogen) atoms. The lowest BCUT2D eigenvalue weighted by Crippen LogP contribution is -2.22. The molecule has 0 atom stereocenters. The molecule has 0 aliphatic carbocycles. The lowest BCUT2D eigenvalue weighted by atomic mass is 10.1. The first-order valence-corrected chi connectivity index (χ1v) is 7.85. The van der Waals surface area contributed by atoms with Crippen LogP contribution in [-0.2, 0) is 6.54 Å². The van der Waals surface area contributed by atoms with Gasteiger partial charge in [-0.25, -0.2) is 4.98 Å². The second-order valence-electron chi connectivity index (χ2n) is 5.66. The third-order valence-corrected chi connectivity index (χ3v) is 3.89. The summed E-state index contributed by atoms with van der Waals surface area (Å²) in [5, 5.41) is 7.68. The molecule has 0 bridgehead atoms. The monoisotopic (exact) mass is 333 g/mol. The molecule has 6 nitrogen and oxygen atoms in total. The van der Waals surface area contributed by atoms with Crippen LogP contribution in [-0.4, -0.2) is 16.0 Å². The molecule has 0 spiro atoms. The van der Waals surface area contributed by atoms with Gasteiger partial charge in [-0.05, 0) is 23.8 Å². The van der Waals surface area contributed by atoms with Crippen LogP contribution in [0.5, 0.6) is 0 Å². The van der Waals surface area contributed by atoms with Gasteiger partial charge in [0, 0.05) is 19.0 Å². The first-order valence-electron chi connectivity index (χ1n) is 7.85. The molecule has 0 fully saturated rings. The SMILES string of the molecule is Cc1nc(-c2noc3ccc(C(=O)NCc4ccccc4)cc23)co1. The van der Waals surface area contributed by atoms with Crippen molar-refractivity contribution in [3.63, 3.8) is 0 Å². The van der Waals surface area contributed by atoms with Gasteiger partial charge in [0.1, 0.15) is 17.7 Å². The zero-order chi connectivity index (χ0) is 17.2. The zero-order valence-corrected chi connectivity index (χ0v) is 13.5. The number of benzene rings is 2. The third-order valence-electron chi connectivity index (χ3n) is 3.89. The molecule has 4 aromatic rings. The molecule has 0 aliphatic heterocycles. The molecule has 1 amide bonds. The summed E-state index contributed by atoms with van der Waals surface area (Å²) >= 11 is 0. The molecule has 1 N–H and O–H groups in total. The third kappa shape index (κ3) is 3.01. The van der Waals surface area contributed by atoms with Gasteiger partial charge in [-0.1, -0.05) is 35.5 Å². The van der Waals surface area contributed by atoms with Crippen molar-refractivity contribution in [3.8, 4) is 11.4 Å².